The number of nitrogens with zero attached hydrogens (tertiary/aromatic N) is 1. The number of carboxylic acids is 1. The fraction of sp³-hybridized carbons (Fsp3) is 0.231. The van der Waals surface area contributed by atoms with Gasteiger partial charge in [-0.1, -0.05) is 17.3 Å². The molecule has 0 bridgehead atoms. The van der Waals surface area contributed by atoms with Crippen LogP contribution in [-0.4, -0.2) is 24.7 Å². The van der Waals surface area contributed by atoms with E-state index in [1.165, 1.54) is 26.0 Å². The maximum absolute atomic E-state index is 12.2. The quantitative estimate of drug-likeness (QED) is 0.865. The van der Waals surface area contributed by atoms with Crippen LogP contribution in [0, 0.1) is 13.8 Å². The molecule has 0 saturated heterocycles. The number of sulfonamides is 1. The van der Waals surface area contributed by atoms with Gasteiger partial charge in [0, 0.05) is 6.54 Å². The molecule has 8 heteroatoms. The lowest BCUT2D eigenvalue weighted by Crippen LogP contribution is -2.24. The highest BCUT2D eigenvalue weighted by atomic mass is 32.2. The van der Waals surface area contributed by atoms with E-state index in [4.69, 9.17) is 9.63 Å². The van der Waals surface area contributed by atoms with Crippen molar-refractivity contribution in [1.29, 1.82) is 0 Å². The Morgan fingerprint density at radius 2 is 2.10 bits per heavy atom. The van der Waals surface area contributed by atoms with E-state index in [0.717, 1.165) is 0 Å². The molecule has 0 unspecified atom stereocenters. The largest absolute Gasteiger partial charge is 0.478 e. The predicted molar refractivity (Wildman–Crippen MR) is 73.4 cm³/mol. The zero-order valence-corrected chi connectivity index (χ0v) is 12.3. The number of aryl methyl sites for hydroxylation is 2. The van der Waals surface area contributed by atoms with E-state index in [1.807, 2.05) is 0 Å². The van der Waals surface area contributed by atoms with Gasteiger partial charge >= 0.3 is 5.97 Å². The molecule has 0 atom stereocenters. The van der Waals surface area contributed by atoms with Gasteiger partial charge in [0.15, 0.2) is 5.76 Å². The highest BCUT2D eigenvalue weighted by Crippen LogP contribution is 2.19. The third-order valence-corrected chi connectivity index (χ3v) is 4.52. The Kier molecular flexibility index (Phi) is 4.10. The van der Waals surface area contributed by atoms with Gasteiger partial charge in [0.2, 0.25) is 10.0 Å². The van der Waals surface area contributed by atoms with Crippen molar-refractivity contribution in [3.63, 3.8) is 0 Å². The predicted octanol–water partition coefficient (Wildman–Crippen LogP) is 1.47. The van der Waals surface area contributed by atoms with Crippen molar-refractivity contribution in [3.8, 4) is 0 Å². The van der Waals surface area contributed by atoms with Gasteiger partial charge in [-0.05, 0) is 31.5 Å². The molecule has 2 N–H and O–H groups in total. The molecule has 0 saturated carbocycles. The number of carbonyl (C=O) groups is 1. The summed E-state index contributed by atoms with van der Waals surface area (Å²) in [5.74, 6) is -0.857. The topological polar surface area (TPSA) is 110 Å². The number of rotatable bonds is 5. The molecule has 0 aliphatic heterocycles. The smallest absolute Gasteiger partial charge is 0.335 e. The maximum Gasteiger partial charge on any atom is 0.335 e. The zero-order valence-electron chi connectivity index (χ0n) is 11.5. The van der Waals surface area contributed by atoms with Crippen molar-refractivity contribution >= 4 is 16.0 Å². The van der Waals surface area contributed by atoms with E-state index in [0.29, 0.717) is 5.56 Å². The van der Waals surface area contributed by atoms with Crippen molar-refractivity contribution in [3.05, 3.63) is 46.8 Å². The van der Waals surface area contributed by atoms with Crippen LogP contribution >= 0.6 is 0 Å². The summed E-state index contributed by atoms with van der Waals surface area (Å²) >= 11 is 0. The van der Waals surface area contributed by atoms with Crippen molar-refractivity contribution in [2.45, 2.75) is 25.3 Å². The van der Waals surface area contributed by atoms with Gasteiger partial charge in [-0.25, -0.2) is 17.9 Å². The minimum atomic E-state index is -3.76. The molecule has 0 amide bonds. The van der Waals surface area contributed by atoms with Gasteiger partial charge in [0.25, 0.3) is 0 Å². The molecule has 2 aromatic rings. The Hall–Kier alpha value is -2.19. The maximum atomic E-state index is 12.2. The molecule has 7 nitrogen and oxygen atoms in total. The summed E-state index contributed by atoms with van der Waals surface area (Å²) in [5, 5.41) is 12.5. The lowest BCUT2D eigenvalue weighted by atomic mass is 10.1. The van der Waals surface area contributed by atoms with Crippen LogP contribution in [0.25, 0.3) is 0 Å². The lowest BCUT2D eigenvalue weighted by molar-refractivity contribution is 0.0696. The number of carboxylic acid groups (broad SMARTS) is 1. The molecule has 1 aromatic heterocycles. The first kappa shape index (κ1) is 15.2. The Labute approximate surface area is 121 Å². The zero-order chi connectivity index (χ0) is 15.6. The summed E-state index contributed by atoms with van der Waals surface area (Å²) in [6.45, 7) is 3.03. The van der Waals surface area contributed by atoms with Crippen LogP contribution in [-0.2, 0) is 16.6 Å². The van der Waals surface area contributed by atoms with Crippen LogP contribution < -0.4 is 4.72 Å². The van der Waals surface area contributed by atoms with Gasteiger partial charge in [-0.15, -0.1) is 0 Å². The minimum absolute atomic E-state index is 0.0110. The van der Waals surface area contributed by atoms with Gasteiger partial charge < -0.3 is 9.63 Å². The van der Waals surface area contributed by atoms with Crippen molar-refractivity contribution in [2.75, 3.05) is 0 Å². The third-order valence-electron chi connectivity index (χ3n) is 2.88. The Morgan fingerprint density at radius 1 is 1.38 bits per heavy atom. The standard InChI is InChI=1S/C13H14N2O5S/c1-8-12(9(2)20-15-8)21(18,19)14-7-10-4-3-5-11(6-10)13(16)17/h3-6,14H,7H2,1-2H3,(H,16,17). The van der Waals surface area contributed by atoms with E-state index in [2.05, 4.69) is 9.88 Å². The summed E-state index contributed by atoms with van der Waals surface area (Å²) < 4.78 is 31.6. The van der Waals surface area contributed by atoms with Crippen molar-refractivity contribution in [1.82, 2.24) is 9.88 Å². The molecular formula is C13H14N2O5S. The number of benzene rings is 1. The minimum Gasteiger partial charge on any atom is -0.478 e. The van der Waals surface area contributed by atoms with Crippen LogP contribution in [0.3, 0.4) is 0 Å². The number of aromatic carboxylic acids is 1. The second-order valence-corrected chi connectivity index (χ2v) is 6.19. The van der Waals surface area contributed by atoms with Crippen LogP contribution in [0.4, 0.5) is 0 Å². The highest BCUT2D eigenvalue weighted by Gasteiger charge is 2.23. The van der Waals surface area contributed by atoms with Gasteiger partial charge in [-0.2, -0.15) is 0 Å². The molecule has 0 spiro atoms. The average molecular weight is 310 g/mol. The third kappa shape index (κ3) is 3.29. The highest BCUT2D eigenvalue weighted by molar-refractivity contribution is 7.89. The van der Waals surface area contributed by atoms with E-state index < -0.39 is 16.0 Å². The normalized spacial score (nSPS) is 11.5. The number of nitrogens with one attached hydrogen (secondary N) is 1. The number of aromatic nitrogens is 1. The first-order valence-corrected chi connectivity index (χ1v) is 7.54. The fourth-order valence-electron chi connectivity index (χ4n) is 1.92. The Morgan fingerprint density at radius 3 is 2.67 bits per heavy atom. The first-order chi connectivity index (χ1) is 9.81. The molecule has 21 heavy (non-hydrogen) atoms. The van der Waals surface area contributed by atoms with Crippen LogP contribution in [0.5, 0.6) is 0 Å². The van der Waals surface area contributed by atoms with E-state index in [9.17, 15) is 13.2 Å². The summed E-state index contributed by atoms with van der Waals surface area (Å²) in [6, 6.07) is 6.05. The molecule has 0 fully saturated rings. The van der Waals surface area contributed by atoms with E-state index >= 15 is 0 Å². The van der Waals surface area contributed by atoms with Crippen molar-refractivity contribution in [2.24, 2.45) is 0 Å². The number of hydrogen-bond acceptors (Lipinski definition) is 5. The molecule has 2 rings (SSSR count). The Balaban J connectivity index is 2.20. The van der Waals surface area contributed by atoms with Crippen LogP contribution in [0.15, 0.2) is 33.7 Å². The first-order valence-electron chi connectivity index (χ1n) is 6.06. The molecule has 0 radical (unpaired) electrons. The summed E-state index contributed by atoms with van der Waals surface area (Å²) in [7, 11) is -3.76. The Bertz CT molecular complexity index is 760. The summed E-state index contributed by atoms with van der Waals surface area (Å²) in [6.07, 6.45) is 0. The van der Waals surface area contributed by atoms with Crippen LogP contribution in [0.1, 0.15) is 27.4 Å². The van der Waals surface area contributed by atoms with Gasteiger partial charge in [0.1, 0.15) is 10.6 Å². The molecule has 0 aliphatic carbocycles. The molecule has 112 valence electrons. The van der Waals surface area contributed by atoms with Gasteiger partial charge in [0.05, 0.1) is 5.56 Å². The second kappa shape index (κ2) is 5.66. The molecule has 0 aliphatic rings. The summed E-state index contributed by atoms with van der Waals surface area (Å²) in [5.41, 5.74) is 0.925. The molecule has 1 heterocycles. The molecule has 1 aromatic carbocycles. The number of hydrogen-bond donors (Lipinski definition) is 2. The van der Waals surface area contributed by atoms with Crippen LogP contribution in [0.2, 0.25) is 0 Å². The average Bonchev–Trinajstić information content (AvgIpc) is 2.77. The SMILES string of the molecule is Cc1noc(C)c1S(=O)(=O)NCc1cccc(C(=O)O)c1. The van der Waals surface area contributed by atoms with Crippen molar-refractivity contribution < 1.29 is 22.8 Å². The lowest BCUT2D eigenvalue weighted by Gasteiger charge is -2.07. The van der Waals surface area contributed by atoms with E-state index in [1.54, 1.807) is 12.1 Å². The van der Waals surface area contributed by atoms with Gasteiger partial charge in [-0.3, -0.25) is 0 Å². The fourth-order valence-corrected chi connectivity index (χ4v) is 3.27. The molecular weight excluding hydrogens is 296 g/mol. The monoisotopic (exact) mass is 310 g/mol. The second-order valence-electron chi connectivity index (χ2n) is 4.48. The van der Waals surface area contributed by atoms with E-state index in [-0.39, 0.29) is 28.5 Å². The summed E-state index contributed by atoms with van der Waals surface area (Å²) in [4.78, 5) is 10.9.